The van der Waals surface area contributed by atoms with Gasteiger partial charge in [-0.1, -0.05) is 68.8 Å². The van der Waals surface area contributed by atoms with E-state index in [4.69, 9.17) is 14.5 Å². The maximum Gasteiger partial charge on any atom is 0.337 e. The molecule has 1 saturated carbocycles. The van der Waals surface area contributed by atoms with Crippen molar-refractivity contribution in [1.29, 1.82) is 0 Å². The number of carbonyl (C=O) groups is 1. The molecule has 3 aromatic rings. The summed E-state index contributed by atoms with van der Waals surface area (Å²) in [7, 11) is 2.91. The maximum absolute atomic E-state index is 12.4. The zero-order valence-electron chi connectivity index (χ0n) is 20.1. The van der Waals surface area contributed by atoms with Crippen LogP contribution in [-0.2, 0) is 21.1 Å². The molecule has 4 rings (SSSR count). The van der Waals surface area contributed by atoms with Crippen molar-refractivity contribution in [3.05, 3.63) is 77.9 Å². The lowest BCUT2D eigenvalue weighted by atomic mass is 9.81. The number of hydrogen-bond donors (Lipinski definition) is 0. The topological polar surface area (TPSA) is 49.7 Å². The molecule has 0 atom stereocenters. The molecule has 1 aliphatic rings. The molecule has 0 spiro atoms. The highest BCUT2D eigenvalue weighted by Gasteiger charge is 2.28. The van der Waals surface area contributed by atoms with Crippen LogP contribution in [0.1, 0.15) is 59.5 Å². The van der Waals surface area contributed by atoms with Gasteiger partial charge in [-0.3, -0.25) is 0 Å². The number of aromatic nitrogens is 1. The van der Waals surface area contributed by atoms with Crippen LogP contribution < -0.4 is 0 Å². The molecule has 2 aromatic carbocycles. The highest BCUT2D eigenvalue weighted by molar-refractivity contribution is 5.99. The average Bonchev–Trinajstić information content (AvgIpc) is 3.20. The first-order valence-electron chi connectivity index (χ1n) is 11.9. The number of nitrogens with zero attached hydrogens (tertiary/aromatic N) is 1. The highest BCUT2D eigenvalue weighted by atomic mass is 17.2. The molecule has 0 aliphatic heterocycles. The largest absolute Gasteiger partial charge is 0.465 e. The van der Waals surface area contributed by atoms with Crippen LogP contribution in [0, 0.1) is 0 Å². The third kappa shape index (κ3) is 4.72. The van der Waals surface area contributed by atoms with Gasteiger partial charge in [0.1, 0.15) is 6.61 Å². The van der Waals surface area contributed by atoms with E-state index in [0.717, 1.165) is 40.8 Å². The van der Waals surface area contributed by atoms with Crippen molar-refractivity contribution < 1.29 is 19.3 Å². The monoisotopic (exact) mass is 459 g/mol. The summed E-state index contributed by atoms with van der Waals surface area (Å²) < 4.78 is 7.29. The lowest BCUT2D eigenvalue weighted by molar-refractivity contribution is -0.265. The molecular formula is C29H33NO4. The van der Waals surface area contributed by atoms with Crippen LogP contribution in [0.5, 0.6) is 0 Å². The van der Waals surface area contributed by atoms with E-state index in [1.165, 1.54) is 44.4 Å². The van der Waals surface area contributed by atoms with Crippen LogP contribution in [0.3, 0.4) is 0 Å². The second-order valence-electron chi connectivity index (χ2n) is 8.88. The van der Waals surface area contributed by atoms with Crippen molar-refractivity contribution in [2.45, 2.75) is 44.6 Å². The summed E-state index contributed by atoms with van der Waals surface area (Å²) in [5, 5.41) is 1.17. The van der Waals surface area contributed by atoms with Gasteiger partial charge >= 0.3 is 5.97 Å². The Kier molecular flexibility index (Phi) is 7.66. The third-order valence-corrected chi connectivity index (χ3v) is 6.74. The molecule has 1 heterocycles. The second kappa shape index (κ2) is 10.9. The van der Waals surface area contributed by atoms with Gasteiger partial charge in [0.05, 0.1) is 25.5 Å². The van der Waals surface area contributed by atoms with Gasteiger partial charge in [-0.15, -0.1) is 0 Å². The minimum atomic E-state index is -0.344. The summed E-state index contributed by atoms with van der Waals surface area (Å²) in [6.45, 7) is 9.12. The second-order valence-corrected chi connectivity index (χ2v) is 8.88. The summed E-state index contributed by atoms with van der Waals surface area (Å²) in [4.78, 5) is 22.4. The van der Waals surface area contributed by atoms with Gasteiger partial charge in [-0.25, -0.2) is 14.6 Å². The Morgan fingerprint density at radius 3 is 2.59 bits per heavy atom. The van der Waals surface area contributed by atoms with Crippen LogP contribution in [0.2, 0.25) is 0 Å². The fraction of sp³-hybridized carbons (Fsp3) is 0.345. The molecule has 178 valence electrons. The molecule has 0 N–H and O–H groups in total. The number of esters is 1. The predicted molar refractivity (Wildman–Crippen MR) is 137 cm³/mol. The van der Waals surface area contributed by atoms with E-state index in [0.29, 0.717) is 18.0 Å². The first-order chi connectivity index (χ1) is 16.6. The van der Waals surface area contributed by atoms with Crippen molar-refractivity contribution in [2.75, 3.05) is 20.8 Å². The van der Waals surface area contributed by atoms with Crippen LogP contribution in [0.25, 0.3) is 28.2 Å². The van der Waals surface area contributed by atoms with Gasteiger partial charge in [0.25, 0.3) is 0 Å². The summed E-state index contributed by atoms with van der Waals surface area (Å²) in [6.07, 6.45) is 7.98. The Bertz CT molecular complexity index is 1200. The first kappa shape index (κ1) is 24.0. The van der Waals surface area contributed by atoms with Crippen LogP contribution in [0.4, 0.5) is 0 Å². The van der Waals surface area contributed by atoms with E-state index in [2.05, 4.69) is 42.0 Å². The van der Waals surface area contributed by atoms with Crippen molar-refractivity contribution in [3.63, 3.8) is 0 Å². The SMILES string of the molecule is C=Cc1ccccc1-c1c(C2CCCCC2)c2ccc(C(=O)OC)cc2n1CC(=C)COOC. The zero-order valence-corrected chi connectivity index (χ0v) is 20.1. The normalized spacial score (nSPS) is 14.3. The van der Waals surface area contributed by atoms with Gasteiger partial charge in [0, 0.05) is 23.0 Å². The lowest BCUT2D eigenvalue weighted by Gasteiger charge is -2.24. The molecule has 0 amide bonds. The molecule has 1 aliphatic carbocycles. The van der Waals surface area contributed by atoms with Crippen LogP contribution in [-0.4, -0.2) is 31.4 Å². The van der Waals surface area contributed by atoms with E-state index in [-0.39, 0.29) is 12.6 Å². The quantitative estimate of drug-likeness (QED) is 0.151. The third-order valence-electron chi connectivity index (χ3n) is 6.74. The van der Waals surface area contributed by atoms with E-state index in [1.54, 1.807) is 0 Å². The molecule has 0 bridgehead atoms. The summed E-state index contributed by atoms with van der Waals surface area (Å²) in [6, 6.07) is 14.2. The van der Waals surface area contributed by atoms with Crippen molar-refractivity contribution >= 4 is 22.9 Å². The molecule has 5 nitrogen and oxygen atoms in total. The Morgan fingerprint density at radius 1 is 1.12 bits per heavy atom. The van der Waals surface area contributed by atoms with Gasteiger partial charge in [0.15, 0.2) is 0 Å². The van der Waals surface area contributed by atoms with E-state index < -0.39 is 0 Å². The number of rotatable bonds is 9. The van der Waals surface area contributed by atoms with Crippen molar-refractivity contribution in [1.82, 2.24) is 4.57 Å². The predicted octanol–water partition coefficient (Wildman–Crippen LogP) is 6.92. The van der Waals surface area contributed by atoms with Crippen LogP contribution >= 0.6 is 0 Å². The molecule has 1 aromatic heterocycles. The van der Waals surface area contributed by atoms with Crippen molar-refractivity contribution in [2.24, 2.45) is 0 Å². The fourth-order valence-corrected chi connectivity index (χ4v) is 5.18. The van der Waals surface area contributed by atoms with Gasteiger partial charge in [0.2, 0.25) is 0 Å². The fourth-order valence-electron chi connectivity index (χ4n) is 5.18. The minimum Gasteiger partial charge on any atom is -0.465 e. The van der Waals surface area contributed by atoms with E-state index >= 15 is 0 Å². The van der Waals surface area contributed by atoms with Crippen molar-refractivity contribution in [3.8, 4) is 11.3 Å². The smallest absolute Gasteiger partial charge is 0.337 e. The molecule has 0 saturated heterocycles. The Labute approximate surface area is 201 Å². The Hall–Kier alpha value is -3.15. The number of carbonyl (C=O) groups excluding carboxylic acids is 1. The molecule has 0 unspecified atom stereocenters. The molecule has 1 fully saturated rings. The standard InChI is InChI=1S/C29H33NO4/c1-5-21-11-9-10-14-24(21)28-27(22-12-7-6-8-13-22)25-16-15-23(29(31)32-3)17-26(25)30(28)18-20(2)19-34-33-4/h5,9-11,14-17,22H,1-2,6-8,12-13,18-19H2,3-4H3. The van der Waals surface area contributed by atoms with Gasteiger partial charge in [-0.2, -0.15) is 0 Å². The minimum absolute atomic E-state index is 0.286. The van der Waals surface area contributed by atoms with Crippen LogP contribution in [0.15, 0.2) is 61.2 Å². The molecular weight excluding hydrogens is 426 g/mol. The highest BCUT2D eigenvalue weighted by Crippen LogP contribution is 2.45. The lowest BCUT2D eigenvalue weighted by Crippen LogP contribution is -2.10. The van der Waals surface area contributed by atoms with Gasteiger partial charge in [-0.05, 0) is 47.6 Å². The maximum atomic E-state index is 12.4. The van der Waals surface area contributed by atoms with E-state index in [1.807, 2.05) is 24.3 Å². The summed E-state index contributed by atoms with van der Waals surface area (Å²) in [5.41, 5.74) is 7.13. The van der Waals surface area contributed by atoms with Gasteiger partial charge < -0.3 is 9.30 Å². The summed E-state index contributed by atoms with van der Waals surface area (Å²) in [5.74, 6) is 0.112. The number of fused-ring (bicyclic) bond motifs is 1. The first-order valence-corrected chi connectivity index (χ1v) is 11.9. The molecule has 34 heavy (non-hydrogen) atoms. The number of benzene rings is 2. The molecule has 5 heteroatoms. The molecule has 0 radical (unpaired) electrons. The average molecular weight is 460 g/mol. The van der Waals surface area contributed by atoms with E-state index in [9.17, 15) is 4.79 Å². The number of ether oxygens (including phenoxy) is 1. The number of hydrogen-bond acceptors (Lipinski definition) is 4. The Balaban J connectivity index is 2.02. The summed E-state index contributed by atoms with van der Waals surface area (Å²) >= 11 is 0. The number of methoxy groups -OCH3 is 1. The zero-order chi connectivity index (χ0) is 24.1. The Morgan fingerprint density at radius 2 is 1.88 bits per heavy atom.